The summed E-state index contributed by atoms with van der Waals surface area (Å²) in [6.45, 7) is 4.15. The molecular weight excluding hydrogens is 444 g/mol. The molecule has 35 heavy (non-hydrogen) atoms. The zero-order valence-corrected chi connectivity index (χ0v) is 21.0. The van der Waals surface area contributed by atoms with Crippen molar-refractivity contribution in [3.8, 4) is 11.5 Å². The van der Waals surface area contributed by atoms with E-state index in [2.05, 4.69) is 41.6 Å². The largest absolute Gasteiger partial charge is 0.493 e. The van der Waals surface area contributed by atoms with Gasteiger partial charge in [0.1, 0.15) is 6.04 Å². The normalized spacial score (nSPS) is 16.7. The van der Waals surface area contributed by atoms with Gasteiger partial charge in [-0.2, -0.15) is 0 Å². The molecule has 0 saturated heterocycles. The predicted octanol–water partition coefficient (Wildman–Crippen LogP) is 3.29. The number of amides is 2. The maximum absolute atomic E-state index is 13.2. The van der Waals surface area contributed by atoms with Gasteiger partial charge in [0.15, 0.2) is 17.5 Å². The second kappa shape index (κ2) is 12.2. The summed E-state index contributed by atoms with van der Waals surface area (Å²) in [6, 6.07) is 12.7. The van der Waals surface area contributed by atoms with Gasteiger partial charge in [0, 0.05) is 0 Å². The lowest BCUT2D eigenvalue weighted by atomic mass is 9.98. The summed E-state index contributed by atoms with van der Waals surface area (Å²) in [6.07, 6.45) is 3.34. The van der Waals surface area contributed by atoms with Crippen molar-refractivity contribution in [1.29, 1.82) is 0 Å². The van der Waals surface area contributed by atoms with Crippen molar-refractivity contribution >= 4 is 17.8 Å². The Balaban J connectivity index is 1.67. The number of ether oxygens (including phenoxy) is 2. The first-order valence-electron chi connectivity index (χ1n) is 12.1. The first-order chi connectivity index (χ1) is 16.8. The van der Waals surface area contributed by atoms with E-state index < -0.39 is 6.04 Å². The molecule has 0 aromatic heterocycles. The van der Waals surface area contributed by atoms with E-state index >= 15 is 0 Å². The monoisotopic (exact) mass is 480 g/mol. The summed E-state index contributed by atoms with van der Waals surface area (Å²) in [5.74, 6) is 0.834. The molecule has 3 atom stereocenters. The number of guanidine groups is 1. The number of benzene rings is 2. The van der Waals surface area contributed by atoms with Gasteiger partial charge in [-0.25, -0.2) is 4.99 Å². The zero-order chi connectivity index (χ0) is 25.4. The van der Waals surface area contributed by atoms with E-state index in [4.69, 9.17) is 15.2 Å². The first-order valence-corrected chi connectivity index (χ1v) is 12.1. The molecule has 8 nitrogen and oxygen atoms in total. The van der Waals surface area contributed by atoms with Crippen molar-refractivity contribution < 1.29 is 19.1 Å². The van der Waals surface area contributed by atoms with E-state index in [0.717, 1.165) is 30.4 Å². The van der Waals surface area contributed by atoms with Crippen LogP contribution in [0.25, 0.3) is 0 Å². The molecule has 2 aromatic rings. The Morgan fingerprint density at radius 1 is 1.14 bits per heavy atom. The lowest BCUT2D eigenvalue weighted by Crippen LogP contribution is -2.42. The standard InChI is InChI=1S/C27H36N4O4/c1-5-17(2)14-22(26(33)29-21-12-11-19-8-6-7-9-20(19)21)30-27(28)31-25(32)16-18-10-13-23(34-3)24(15-18)35-4/h6-10,13,15,17,21-22H,5,11-12,14,16H2,1-4H3,(H,29,33)(H3,28,30,31,32)/t17?,21-,22-/m1/s1. The molecule has 1 unspecified atom stereocenters. The lowest BCUT2D eigenvalue weighted by Gasteiger charge is -2.21. The van der Waals surface area contributed by atoms with Gasteiger partial charge in [-0.05, 0) is 54.0 Å². The van der Waals surface area contributed by atoms with E-state index in [9.17, 15) is 9.59 Å². The van der Waals surface area contributed by atoms with Crippen molar-refractivity contribution in [2.24, 2.45) is 16.6 Å². The molecule has 188 valence electrons. The van der Waals surface area contributed by atoms with Crippen LogP contribution in [0.3, 0.4) is 0 Å². The van der Waals surface area contributed by atoms with E-state index in [0.29, 0.717) is 17.9 Å². The van der Waals surface area contributed by atoms with Gasteiger partial charge in [0.05, 0.1) is 26.7 Å². The molecule has 4 N–H and O–H groups in total. The van der Waals surface area contributed by atoms with E-state index in [1.54, 1.807) is 32.4 Å². The zero-order valence-electron chi connectivity index (χ0n) is 21.0. The van der Waals surface area contributed by atoms with Gasteiger partial charge < -0.3 is 20.5 Å². The van der Waals surface area contributed by atoms with E-state index in [1.807, 2.05) is 12.1 Å². The molecule has 1 aliphatic rings. The Morgan fingerprint density at radius 3 is 2.60 bits per heavy atom. The molecule has 3 rings (SSSR count). The van der Waals surface area contributed by atoms with Crippen LogP contribution in [-0.2, 0) is 22.4 Å². The molecule has 0 spiro atoms. The number of rotatable bonds is 10. The number of carbonyl (C=O) groups is 2. The SMILES string of the molecule is CCC(C)C[C@@H](N=C(N)NC(=O)Cc1ccc(OC)c(OC)c1)C(=O)N[C@@H]1CCc2ccccc21. The Hall–Kier alpha value is -3.55. The molecule has 0 saturated carbocycles. The quantitative estimate of drug-likeness (QED) is 0.357. The number of nitrogens with one attached hydrogen (secondary N) is 2. The van der Waals surface area contributed by atoms with Crippen molar-refractivity contribution in [3.05, 3.63) is 59.2 Å². The summed E-state index contributed by atoms with van der Waals surface area (Å²) >= 11 is 0. The van der Waals surface area contributed by atoms with Crippen molar-refractivity contribution in [2.75, 3.05) is 14.2 Å². The van der Waals surface area contributed by atoms with Gasteiger partial charge in [-0.1, -0.05) is 50.6 Å². The molecule has 0 aliphatic heterocycles. The van der Waals surface area contributed by atoms with Crippen LogP contribution in [0.2, 0.25) is 0 Å². The second-order valence-corrected chi connectivity index (χ2v) is 8.99. The fraction of sp³-hybridized carbons (Fsp3) is 0.444. The highest BCUT2D eigenvalue weighted by molar-refractivity contribution is 5.98. The van der Waals surface area contributed by atoms with Crippen LogP contribution < -0.4 is 25.8 Å². The fourth-order valence-corrected chi connectivity index (χ4v) is 4.30. The highest BCUT2D eigenvalue weighted by Gasteiger charge is 2.28. The van der Waals surface area contributed by atoms with E-state index in [1.165, 1.54) is 5.56 Å². The van der Waals surface area contributed by atoms with Crippen molar-refractivity contribution in [2.45, 2.75) is 58.0 Å². The summed E-state index contributed by atoms with van der Waals surface area (Å²) in [5, 5.41) is 5.76. The lowest BCUT2D eigenvalue weighted by molar-refractivity contribution is -0.123. The minimum Gasteiger partial charge on any atom is -0.493 e. The maximum atomic E-state index is 13.2. The number of nitrogens with zero attached hydrogens (tertiary/aromatic N) is 1. The molecule has 0 heterocycles. The number of hydrogen-bond donors (Lipinski definition) is 3. The molecule has 2 amide bonds. The van der Waals surface area contributed by atoms with Gasteiger partial charge in [0.2, 0.25) is 11.8 Å². The van der Waals surface area contributed by atoms with Gasteiger partial charge in [0.25, 0.3) is 0 Å². The third kappa shape index (κ3) is 6.97. The number of carbonyl (C=O) groups excluding carboxylic acids is 2. The average Bonchev–Trinajstić information content (AvgIpc) is 3.25. The second-order valence-electron chi connectivity index (χ2n) is 8.99. The Labute approximate surface area is 207 Å². The molecule has 0 fully saturated rings. The molecule has 0 bridgehead atoms. The molecule has 2 aromatic carbocycles. The maximum Gasteiger partial charge on any atom is 0.245 e. The van der Waals surface area contributed by atoms with Gasteiger partial charge in [-0.3, -0.25) is 14.9 Å². The third-order valence-electron chi connectivity index (χ3n) is 6.45. The molecular formula is C27H36N4O4. The number of aliphatic imine (C=N–C) groups is 1. The topological polar surface area (TPSA) is 115 Å². The predicted molar refractivity (Wildman–Crippen MR) is 137 cm³/mol. The van der Waals surface area contributed by atoms with Crippen molar-refractivity contribution in [3.63, 3.8) is 0 Å². The number of fused-ring (bicyclic) bond motifs is 1. The van der Waals surface area contributed by atoms with Crippen LogP contribution in [0.4, 0.5) is 0 Å². The number of methoxy groups -OCH3 is 2. The highest BCUT2D eigenvalue weighted by Crippen LogP contribution is 2.31. The fourth-order valence-electron chi connectivity index (χ4n) is 4.30. The van der Waals surface area contributed by atoms with Crippen LogP contribution >= 0.6 is 0 Å². The van der Waals surface area contributed by atoms with Crippen molar-refractivity contribution in [1.82, 2.24) is 10.6 Å². The highest BCUT2D eigenvalue weighted by atomic mass is 16.5. The molecule has 8 heteroatoms. The minimum atomic E-state index is -0.681. The minimum absolute atomic E-state index is 0.0331. The average molecular weight is 481 g/mol. The van der Waals surface area contributed by atoms with Crippen LogP contribution in [0.5, 0.6) is 11.5 Å². The summed E-state index contributed by atoms with van der Waals surface area (Å²) < 4.78 is 10.5. The first kappa shape index (κ1) is 26.1. The summed E-state index contributed by atoms with van der Waals surface area (Å²) in [7, 11) is 3.10. The number of aryl methyl sites for hydroxylation is 1. The molecule has 0 radical (unpaired) electrons. The van der Waals surface area contributed by atoms with E-state index in [-0.39, 0.29) is 36.2 Å². The number of nitrogens with two attached hydrogens (primary N) is 1. The number of hydrogen-bond acceptors (Lipinski definition) is 5. The Kier molecular flexibility index (Phi) is 9.11. The summed E-state index contributed by atoms with van der Waals surface area (Å²) in [4.78, 5) is 30.2. The summed E-state index contributed by atoms with van der Waals surface area (Å²) in [5.41, 5.74) is 9.22. The smallest absolute Gasteiger partial charge is 0.245 e. The Morgan fingerprint density at radius 2 is 1.89 bits per heavy atom. The van der Waals surface area contributed by atoms with Crippen LogP contribution in [0, 0.1) is 5.92 Å². The van der Waals surface area contributed by atoms with Crippen LogP contribution in [0.1, 0.15) is 55.8 Å². The third-order valence-corrected chi connectivity index (χ3v) is 6.45. The molecule has 1 aliphatic carbocycles. The Bertz CT molecular complexity index is 1070. The van der Waals surface area contributed by atoms with Gasteiger partial charge >= 0.3 is 0 Å². The van der Waals surface area contributed by atoms with Crippen LogP contribution in [-0.4, -0.2) is 38.0 Å². The van der Waals surface area contributed by atoms with Crippen LogP contribution in [0.15, 0.2) is 47.5 Å². The van der Waals surface area contributed by atoms with Gasteiger partial charge in [-0.15, -0.1) is 0 Å².